The van der Waals surface area contributed by atoms with E-state index in [1.165, 1.54) is 0 Å². The number of hydrogen-bond acceptors (Lipinski definition) is 8. The fraction of sp³-hybridized carbons (Fsp3) is 0.433. The lowest BCUT2D eigenvalue weighted by Gasteiger charge is -2.36. The molecule has 0 aliphatic carbocycles. The number of thioether (sulfide) groups is 1. The molecule has 2 aliphatic rings. The first-order valence-electron chi connectivity index (χ1n) is 13.5. The molecule has 0 saturated carbocycles. The predicted molar refractivity (Wildman–Crippen MR) is 154 cm³/mol. The summed E-state index contributed by atoms with van der Waals surface area (Å²) in [6, 6.07) is 18.4. The number of anilines is 1. The van der Waals surface area contributed by atoms with E-state index >= 15 is 0 Å². The smallest absolute Gasteiger partial charge is 0.319 e. The molecule has 206 valence electrons. The molecule has 2 fully saturated rings. The van der Waals surface area contributed by atoms with Gasteiger partial charge in [0.15, 0.2) is 5.79 Å². The Morgan fingerprint density at radius 3 is 2.33 bits per heavy atom. The van der Waals surface area contributed by atoms with Crippen molar-refractivity contribution in [2.75, 3.05) is 50.5 Å². The summed E-state index contributed by atoms with van der Waals surface area (Å²) in [4.78, 5) is 26.9. The van der Waals surface area contributed by atoms with Gasteiger partial charge in [0.25, 0.3) is 5.91 Å². The van der Waals surface area contributed by atoms with Gasteiger partial charge < -0.3 is 24.0 Å². The largest absolute Gasteiger partial charge is 0.461 e. The van der Waals surface area contributed by atoms with Crippen LogP contribution >= 0.6 is 11.8 Å². The third-order valence-corrected chi connectivity index (χ3v) is 7.77. The molecule has 3 aromatic rings. The van der Waals surface area contributed by atoms with Crippen molar-refractivity contribution in [3.05, 3.63) is 65.7 Å². The molecule has 2 saturated heterocycles. The van der Waals surface area contributed by atoms with Crippen LogP contribution in [0.3, 0.4) is 0 Å². The lowest BCUT2D eigenvalue weighted by Crippen LogP contribution is -2.49. The summed E-state index contributed by atoms with van der Waals surface area (Å²) in [5.74, 6) is 0.343. The summed E-state index contributed by atoms with van der Waals surface area (Å²) < 4.78 is 17.5. The third kappa shape index (κ3) is 6.37. The van der Waals surface area contributed by atoms with Gasteiger partial charge in [-0.25, -0.2) is 0 Å². The van der Waals surface area contributed by atoms with Crippen LogP contribution in [0.25, 0.3) is 11.1 Å². The Balaban J connectivity index is 1.25. The number of amides is 1. The van der Waals surface area contributed by atoms with Crippen LogP contribution in [0.1, 0.15) is 36.7 Å². The minimum atomic E-state index is -0.600. The van der Waals surface area contributed by atoms with Crippen molar-refractivity contribution in [2.24, 2.45) is 0 Å². The molecule has 1 atom stereocenters. The van der Waals surface area contributed by atoms with E-state index in [0.29, 0.717) is 51.0 Å². The van der Waals surface area contributed by atoms with Crippen molar-refractivity contribution in [3.63, 3.8) is 0 Å². The first-order chi connectivity index (χ1) is 18.9. The molecule has 1 amide bonds. The second-order valence-electron chi connectivity index (χ2n) is 10.2. The highest BCUT2D eigenvalue weighted by atomic mass is 32.2. The van der Waals surface area contributed by atoms with Gasteiger partial charge in [-0.1, -0.05) is 49.4 Å². The monoisotopic (exact) mass is 548 g/mol. The number of carbonyl (C=O) groups excluding carboxylic acids is 1. The number of piperazine rings is 1. The van der Waals surface area contributed by atoms with Gasteiger partial charge in [-0.3, -0.25) is 4.79 Å². The molecule has 2 aliphatic heterocycles. The number of rotatable bonds is 8. The molecule has 9 heteroatoms. The number of aromatic nitrogens is 2. The van der Waals surface area contributed by atoms with E-state index in [9.17, 15) is 4.79 Å². The fourth-order valence-corrected chi connectivity index (χ4v) is 5.64. The summed E-state index contributed by atoms with van der Waals surface area (Å²) in [5.41, 5.74) is 4.06. The molecule has 3 heterocycles. The first kappa shape index (κ1) is 27.4. The van der Waals surface area contributed by atoms with Gasteiger partial charge in [0.1, 0.15) is 23.6 Å². The van der Waals surface area contributed by atoms with Crippen LogP contribution < -0.4 is 9.64 Å². The van der Waals surface area contributed by atoms with Crippen LogP contribution in [0.2, 0.25) is 0 Å². The van der Waals surface area contributed by atoms with Gasteiger partial charge in [0, 0.05) is 37.3 Å². The van der Waals surface area contributed by atoms with E-state index in [4.69, 9.17) is 19.2 Å². The van der Waals surface area contributed by atoms with Crippen LogP contribution in [-0.4, -0.2) is 78.3 Å². The summed E-state index contributed by atoms with van der Waals surface area (Å²) in [7, 11) is 0. The van der Waals surface area contributed by atoms with Crippen molar-refractivity contribution in [1.29, 1.82) is 0 Å². The lowest BCUT2D eigenvalue weighted by molar-refractivity contribution is -0.141. The minimum Gasteiger partial charge on any atom is -0.461 e. The highest BCUT2D eigenvalue weighted by Gasteiger charge is 2.33. The number of benzene rings is 2. The second kappa shape index (κ2) is 11.9. The van der Waals surface area contributed by atoms with Gasteiger partial charge in [0.05, 0.1) is 6.61 Å². The second-order valence-corrected chi connectivity index (χ2v) is 11.0. The van der Waals surface area contributed by atoms with E-state index < -0.39 is 5.79 Å². The Morgan fingerprint density at radius 2 is 1.72 bits per heavy atom. The molecule has 1 aromatic heterocycles. The van der Waals surface area contributed by atoms with Crippen molar-refractivity contribution in [3.8, 4) is 17.1 Å². The summed E-state index contributed by atoms with van der Waals surface area (Å²) in [6.07, 6.45) is 2.67. The molecule has 0 radical (unpaired) electrons. The Bertz CT molecular complexity index is 1280. The zero-order valence-corrected chi connectivity index (χ0v) is 23.9. The van der Waals surface area contributed by atoms with Crippen molar-refractivity contribution in [1.82, 2.24) is 14.9 Å². The molecule has 5 rings (SSSR count). The molecule has 2 aromatic carbocycles. The van der Waals surface area contributed by atoms with E-state index in [-0.39, 0.29) is 12.0 Å². The average molecular weight is 549 g/mol. The van der Waals surface area contributed by atoms with E-state index in [0.717, 1.165) is 34.0 Å². The Labute approximate surface area is 234 Å². The number of carbonyl (C=O) groups is 1. The quantitative estimate of drug-likeness (QED) is 0.290. The van der Waals surface area contributed by atoms with Crippen LogP contribution in [-0.2, 0) is 15.9 Å². The van der Waals surface area contributed by atoms with Crippen molar-refractivity contribution < 1.29 is 19.0 Å². The predicted octanol–water partition coefficient (Wildman–Crippen LogP) is 4.92. The summed E-state index contributed by atoms with van der Waals surface area (Å²) in [6.45, 7) is 9.35. The normalized spacial score (nSPS) is 18.8. The van der Waals surface area contributed by atoms with Gasteiger partial charge in [-0.2, -0.15) is 9.97 Å². The van der Waals surface area contributed by atoms with Crippen LogP contribution in [0.4, 0.5) is 5.82 Å². The van der Waals surface area contributed by atoms with E-state index in [1.54, 1.807) is 11.8 Å². The van der Waals surface area contributed by atoms with E-state index in [2.05, 4.69) is 28.9 Å². The van der Waals surface area contributed by atoms with Crippen molar-refractivity contribution >= 4 is 23.5 Å². The molecule has 8 nitrogen and oxygen atoms in total. The highest BCUT2D eigenvalue weighted by molar-refractivity contribution is 7.98. The SMILES string of the molecule is CCc1c(SC)nc(OCC2COC(C)(C)O2)nc1N1CCN(C(=O)c2ccc(-c3ccccc3)cc2)CC1. The summed E-state index contributed by atoms with van der Waals surface area (Å²) in [5, 5.41) is 0.915. The standard InChI is InChI=1S/C30H36N4O4S/c1-5-25-26(31-29(32-27(25)39-4)36-19-24-20-37-30(2,3)38-24)33-15-17-34(18-16-33)28(35)23-13-11-22(12-14-23)21-9-7-6-8-10-21/h6-14,24H,5,15-20H2,1-4H3. The maximum absolute atomic E-state index is 13.3. The zero-order chi connectivity index (χ0) is 27.4. The zero-order valence-electron chi connectivity index (χ0n) is 23.1. The molecule has 0 bridgehead atoms. The number of nitrogens with zero attached hydrogens (tertiary/aromatic N) is 4. The molecule has 0 spiro atoms. The molecule has 1 unspecified atom stereocenters. The van der Waals surface area contributed by atoms with Crippen LogP contribution in [0, 0.1) is 0 Å². The Hall–Kier alpha value is -3.14. The van der Waals surface area contributed by atoms with Crippen LogP contribution in [0.15, 0.2) is 59.6 Å². The van der Waals surface area contributed by atoms with Gasteiger partial charge in [0.2, 0.25) is 0 Å². The summed E-state index contributed by atoms with van der Waals surface area (Å²) >= 11 is 1.59. The maximum Gasteiger partial charge on any atom is 0.319 e. The van der Waals surface area contributed by atoms with Crippen molar-refractivity contribution in [2.45, 2.75) is 44.1 Å². The maximum atomic E-state index is 13.3. The highest BCUT2D eigenvalue weighted by Crippen LogP contribution is 2.31. The molecular formula is C30H36N4O4S. The fourth-order valence-electron chi connectivity index (χ4n) is 4.99. The number of hydrogen-bond donors (Lipinski definition) is 0. The van der Waals surface area contributed by atoms with Gasteiger partial charge in [-0.05, 0) is 49.8 Å². The topological polar surface area (TPSA) is 77.0 Å². The molecular weight excluding hydrogens is 512 g/mol. The van der Waals surface area contributed by atoms with E-state index in [1.807, 2.05) is 67.5 Å². The first-order valence-corrected chi connectivity index (χ1v) is 14.7. The number of ether oxygens (including phenoxy) is 3. The molecule has 0 N–H and O–H groups in total. The minimum absolute atomic E-state index is 0.0585. The van der Waals surface area contributed by atoms with Crippen LogP contribution in [0.5, 0.6) is 6.01 Å². The van der Waals surface area contributed by atoms with Gasteiger partial charge in [-0.15, -0.1) is 11.8 Å². The third-order valence-electron chi connectivity index (χ3n) is 7.04. The average Bonchev–Trinajstić information content (AvgIpc) is 3.34. The lowest BCUT2D eigenvalue weighted by atomic mass is 10.0. The molecule has 39 heavy (non-hydrogen) atoms. The van der Waals surface area contributed by atoms with Gasteiger partial charge >= 0.3 is 6.01 Å². The Kier molecular flexibility index (Phi) is 8.40. The Morgan fingerprint density at radius 1 is 1.03 bits per heavy atom.